The van der Waals surface area contributed by atoms with E-state index in [-0.39, 0.29) is 29.6 Å². The minimum Gasteiger partial charge on any atom is -0.469 e. The van der Waals surface area contributed by atoms with Gasteiger partial charge in [0.1, 0.15) is 0 Å². The molecule has 0 aliphatic rings. The molecule has 0 radical (unpaired) electrons. The first kappa shape index (κ1) is 21.1. The molecule has 0 amide bonds. The van der Waals surface area contributed by atoms with Crippen molar-refractivity contribution < 1.29 is 18.7 Å². The lowest BCUT2D eigenvalue weighted by Crippen LogP contribution is -2.45. The zero-order valence-corrected chi connectivity index (χ0v) is 16.1. The second-order valence-corrected chi connectivity index (χ2v) is 11.7. The van der Waals surface area contributed by atoms with Gasteiger partial charge in [-0.1, -0.05) is 45.6 Å². The van der Waals surface area contributed by atoms with Crippen molar-refractivity contribution in [1.29, 1.82) is 0 Å². The lowest BCUT2D eigenvalue weighted by atomic mass is 10.1. The van der Waals surface area contributed by atoms with E-state index in [2.05, 4.69) is 40.4 Å². The molecule has 128 valence electrons. The zero-order chi connectivity index (χ0) is 17.4. The molecule has 4 nitrogen and oxygen atoms in total. The smallest absolute Gasteiger partial charge is 0.308 e. The maximum atomic E-state index is 11.7. The molecule has 0 aromatic carbocycles. The van der Waals surface area contributed by atoms with E-state index in [0.29, 0.717) is 6.42 Å². The summed E-state index contributed by atoms with van der Waals surface area (Å²) in [6.07, 6.45) is 6.00. The van der Waals surface area contributed by atoms with E-state index in [4.69, 9.17) is 13.9 Å². The van der Waals surface area contributed by atoms with Gasteiger partial charge in [0.2, 0.25) is 0 Å². The maximum absolute atomic E-state index is 11.7. The average Bonchev–Trinajstić information content (AvgIpc) is 2.41. The molecule has 0 aromatic rings. The summed E-state index contributed by atoms with van der Waals surface area (Å²) in [5.74, 6) is -0.258. The summed E-state index contributed by atoms with van der Waals surface area (Å²) in [4.78, 5) is 11.7. The third-order valence-electron chi connectivity index (χ3n) is 4.15. The van der Waals surface area contributed by atoms with Crippen LogP contribution in [-0.2, 0) is 18.7 Å². The number of ether oxygens (including phenoxy) is 2. The highest BCUT2D eigenvalue weighted by Gasteiger charge is 2.39. The van der Waals surface area contributed by atoms with Gasteiger partial charge in [0, 0.05) is 13.5 Å². The Labute approximate surface area is 136 Å². The van der Waals surface area contributed by atoms with Crippen LogP contribution >= 0.6 is 0 Å². The van der Waals surface area contributed by atoms with Crippen LogP contribution in [0, 0.1) is 0 Å². The van der Waals surface area contributed by atoms with Gasteiger partial charge in [0.25, 0.3) is 0 Å². The Balaban J connectivity index is 5.07. The van der Waals surface area contributed by atoms with Crippen LogP contribution in [0.5, 0.6) is 0 Å². The summed E-state index contributed by atoms with van der Waals surface area (Å²) < 4.78 is 16.6. The monoisotopic (exact) mass is 328 g/mol. The molecule has 0 unspecified atom stereocenters. The topological polar surface area (TPSA) is 44.8 Å². The second kappa shape index (κ2) is 9.28. The van der Waals surface area contributed by atoms with Crippen LogP contribution in [0.15, 0.2) is 24.8 Å². The molecule has 0 saturated carbocycles. The molecular weight excluding hydrogens is 296 g/mol. The van der Waals surface area contributed by atoms with E-state index in [1.165, 1.54) is 7.11 Å². The van der Waals surface area contributed by atoms with Crippen LogP contribution in [-0.4, -0.2) is 40.7 Å². The summed E-state index contributed by atoms with van der Waals surface area (Å²) >= 11 is 0. The molecule has 0 aromatic heterocycles. The van der Waals surface area contributed by atoms with Crippen LogP contribution in [0.4, 0.5) is 0 Å². The van der Waals surface area contributed by atoms with Gasteiger partial charge in [-0.05, 0) is 18.1 Å². The molecule has 2 atom stereocenters. The predicted octanol–water partition coefficient (Wildman–Crippen LogP) is 4.09. The fourth-order valence-corrected chi connectivity index (χ4v) is 3.12. The molecule has 0 fully saturated rings. The van der Waals surface area contributed by atoms with Crippen molar-refractivity contribution in [3.8, 4) is 0 Å². The number of carbonyl (C=O) groups is 1. The largest absolute Gasteiger partial charge is 0.469 e. The van der Waals surface area contributed by atoms with Crippen LogP contribution in [0.25, 0.3) is 0 Å². The number of rotatable bonds is 9. The molecule has 0 rings (SSSR count). The van der Waals surface area contributed by atoms with Crippen LogP contribution in [0.1, 0.15) is 33.6 Å². The van der Waals surface area contributed by atoms with Crippen molar-refractivity contribution in [2.24, 2.45) is 0 Å². The molecule has 0 heterocycles. The van der Waals surface area contributed by atoms with Crippen molar-refractivity contribution in [1.82, 2.24) is 0 Å². The van der Waals surface area contributed by atoms with Crippen LogP contribution in [0.3, 0.4) is 0 Å². The fourth-order valence-electron chi connectivity index (χ4n) is 1.75. The van der Waals surface area contributed by atoms with Crippen LogP contribution < -0.4 is 0 Å². The highest BCUT2D eigenvalue weighted by molar-refractivity contribution is 6.74. The highest BCUT2D eigenvalue weighted by atomic mass is 28.4. The minimum atomic E-state index is -1.97. The SMILES string of the molecule is C=C/C=C/[C@@H](C[C@@H](CC(=O)OC)O[Si](C)(C)C(C)(C)C)OC. The van der Waals surface area contributed by atoms with Gasteiger partial charge >= 0.3 is 5.97 Å². The number of methoxy groups -OCH3 is 2. The third-order valence-corrected chi connectivity index (χ3v) is 8.68. The lowest BCUT2D eigenvalue weighted by molar-refractivity contribution is -0.142. The van der Waals surface area contributed by atoms with Gasteiger partial charge in [-0.3, -0.25) is 4.79 Å². The molecular formula is C17H32O4Si. The quantitative estimate of drug-likeness (QED) is 0.363. The van der Waals surface area contributed by atoms with Gasteiger partial charge in [0.15, 0.2) is 8.32 Å². The fraction of sp³-hybridized carbons (Fsp3) is 0.706. The summed E-state index contributed by atoms with van der Waals surface area (Å²) in [5.41, 5.74) is 0. The summed E-state index contributed by atoms with van der Waals surface area (Å²) in [6.45, 7) is 14.6. The highest BCUT2D eigenvalue weighted by Crippen LogP contribution is 2.38. The van der Waals surface area contributed by atoms with Gasteiger partial charge in [0.05, 0.1) is 25.7 Å². The summed E-state index contributed by atoms with van der Waals surface area (Å²) in [6, 6.07) is 0. The Bertz CT molecular complexity index is 383. The maximum Gasteiger partial charge on any atom is 0.308 e. The van der Waals surface area contributed by atoms with Crippen molar-refractivity contribution in [3.05, 3.63) is 24.8 Å². The molecule has 0 aliphatic carbocycles. The Hall–Kier alpha value is -0.913. The first-order valence-electron chi connectivity index (χ1n) is 7.64. The van der Waals surface area contributed by atoms with Crippen molar-refractivity contribution in [2.45, 2.75) is 64.0 Å². The number of allylic oxidation sites excluding steroid dienone is 2. The first-order chi connectivity index (χ1) is 10.1. The lowest BCUT2D eigenvalue weighted by Gasteiger charge is -2.39. The molecule has 22 heavy (non-hydrogen) atoms. The van der Waals surface area contributed by atoms with E-state index in [0.717, 1.165) is 0 Å². The van der Waals surface area contributed by atoms with E-state index in [1.54, 1.807) is 13.2 Å². The van der Waals surface area contributed by atoms with Gasteiger partial charge in [-0.25, -0.2) is 0 Å². The van der Waals surface area contributed by atoms with Crippen molar-refractivity contribution in [3.63, 3.8) is 0 Å². The van der Waals surface area contributed by atoms with Gasteiger partial charge in [-0.2, -0.15) is 0 Å². The Morgan fingerprint density at radius 1 is 1.27 bits per heavy atom. The standard InChI is InChI=1S/C17H32O4Si/c1-9-10-11-14(19-5)12-15(13-16(18)20-6)21-22(7,8)17(2,3)4/h9-11,14-15H,1,12-13H2,2-8H3/b11-10+/t14-,15-/m0/s1. The van der Waals surface area contributed by atoms with Crippen LogP contribution in [0.2, 0.25) is 18.1 Å². The minimum absolute atomic E-state index is 0.0842. The predicted molar refractivity (Wildman–Crippen MR) is 93.5 cm³/mol. The van der Waals surface area contributed by atoms with E-state index in [1.807, 2.05) is 12.2 Å². The number of hydrogen-bond donors (Lipinski definition) is 0. The zero-order valence-electron chi connectivity index (χ0n) is 15.1. The number of carbonyl (C=O) groups excluding carboxylic acids is 1. The number of esters is 1. The first-order valence-corrected chi connectivity index (χ1v) is 10.5. The third kappa shape index (κ3) is 7.38. The number of hydrogen-bond acceptors (Lipinski definition) is 4. The molecule has 0 bridgehead atoms. The molecule has 0 aliphatic heterocycles. The summed E-state index contributed by atoms with van der Waals surface area (Å²) in [7, 11) is 1.09. The van der Waals surface area contributed by atoms with Crippen molar-refractivity contribution >= 4 is 14.3 Å². The van der Waals surface area contributed by atoms with Gasteiger partial charge < -0.3 is 13.9 Å². The Morgan fingerprint density at radius 2 is 1.86 bits per heavy atom. The normalized spacial score (nSPS) is 15.6. The average molecular weight is 329 g/mol. The van der Waals surface area contributed by atoms with E-state index >= 15 is 0 Å². The molecule has 0 N–H and O–H groups in total. The molecule has 0 spiro atoms. The molecule has 5 heteroatoms. The van der Waals surface area contributed by atoms with Crippen molar-refractivity contribution in [2.75, 3.05) is 14.2 Å². The Kier molecular flexibility index (Phi) is 8.89. The van der Waals surface area contributed by atoms with E-state index in [9.17, 15) is 4.79 Å². The van der Waals surface area contributed by atoms with E-state index < -0.39 is 8.32 Å². The second-order valence-electron chi connectivity index (χ2n) is 6.91. The van der Waals surface area contributed by atoms with Gasteiger partial charge in [-0.15, -0.1) is 0 Å². The molecule has 0 saturated heterocycles. The Morgan fingerprint density at radius 3 is 2.27 bits per heavy atom. The summed E-state index contributed by atoms with van der Waals surface area (Å²) in [5, 5.41) is 0.0842.